The smallest absolute Gasteiger partial charge is 0.329 e. The molecule has 1 aromatic carbocycles. The SMILES string of the molecule is N[C@@H]1C[C@@H](C(=O)OCc2ccccc2)N(CC(=O)O)C1=O. The summed E-state index contributed by atoms with van der Waals surface area (Å²) in [7, 11) is 0. The van der Waals surface area contributed by atoms with Gasteiger partial charge in [0.2, 0.25) is 5.91 Å². The Bertz CT molecular complexity index is 546. The van der Waals surface area contributed by atoms with Crippen LogP contribution in [0.5, 0.6) is 0 Å². The molecular formula is C14H16N2O5. The molecular weight excluding hydrogens is 276 g/mol. The lowest BCUT2D eigenvalue weighted by Crippen LogP contribution is -2.43. The average molecular weight is 292 g/mol. The highest BCUT2D eigenvalue weighted by molar-refractivity contribution is 5.93. The van der Waals surface area contributed by atoms with Gasteiger partial charge in [0.05, 0.1) is 6.04 Å². The van der Waals surface area contributed by atoms with Crippen LogP contribution < -0.4 is 5.73 Å². The molecule has 1 aromatic rings. The summed E-state index contributed by atoms with van der Waals surface area (Å²) in [5.74, 6) is -2.38. The zero-order valence-electron chi connectivity index (χ0n) is 11.3. The van der Waals surface area contributed by atoms with Crippen LogP contribution in [0, 0.1) is 0 Å². The van der Waals surface area contributed by atoms with E-state index >= 15 is 0 Å². The summed E-state index contributed by atoms with van der Waals surface area (Å²) >= 11 is 0. The zero-order chi connectivity index (χ0) is 15.4. The van der Waals surface area contributed by atoms with Crippen molar-refractivity contribution in [2.45, 2.75) is 25.1 Å². The van der Waals surface area contributed by atoms with Gasteiger partial charge in [-0.2, -0.15) is 0 Å². The Morgan fingerprint density at radius 1 is 1.33 bits per heavy atom. The molecule has 0 aromatic heterocycles. The van der Waals surface area contributed by atoms with Crippen LogP contribution in [0.2, 0.25) is 0 Å². The number of hydrogen-bond donors (Lipinski definition) is 2. The molecule has 3 N–H and O–H groups in total. The molecule has 1 fully saturated rings. The normalized spacial score (nSPS) is 21.4. The molecule has 0 radical (unpaired) electrons. The highest BCUT2D eigenvalue weighted by Gasteiger charge is 2.43. The molecule has 1 aliphatic heterocycles. The predicted octanol–water partition coefficient (Wildman–Crippen LogP) is -0.257. The minimum Gasteiger partial charge on any atom is -0.480 e. The highest BCUT2D eigenvalue weighted by atomic mass is 16.5. The summed E-state index contributed by atoms with van der Waals surface area (Å²) in [6, 6.07) is 7.27. The van der Waals surface area contributed by atoms with Crippen molar-refractivity contribution in [1.82, 2.24) is 4.90 Å². The molecule has 1 saturated heterocycles. The standard InChI is InChI=1S/C14H16N2O5/c15-10-6-11(16(13(10)19)7-12(17)18)14(20)21-8-9-4-2-1-3-5-9/h1-5,10-11H,6-8,15H2,(H,17,18)/t10-,11+/m1/s1. The number of amides is 1. The van der Waals surface area contributed by atoms with Crippen LogP contribution >= 0.6 is 0 Å². The van der Waals surface area contributed by atoms with Crippen molar-refractivity contribution in [3.8, 4) is 0 Å². The lowest BCUT2D eigenvalue weighted by molar-refractivity contribution is -0.155. The van der Waals surface area contributed by atoms with E-state index in [9.17, 15) is 14.4 Å². The summed E-state index contributed by atoms with van der Waals surface area (Å²) in [5, 5.41) is 8.80. The third-order valence-electron chi connectivity index (χ3n) is 3.26. The fourth-order valence-electron chi connectivity index (χ4n) is 2.22. The number of benzene rings is 1. The Hall–Kier alpha value is -2.41. The van der Waals surface area contributed by atoms with E-state index < -0.39 is 36.5 Å². The van der Waals surface area contributed by atoms with Gasteiger partial charge in [0, 0.05) is 6.42 Å². The molecule has 0 bridgehead atoms. The van der Waals surface area contributed by atoms with Crippen molar-refractivity contribution in [2.75, 3.05) is 6.54 Å². The Labute approximate surface area is 121 Å². The van der Waals surface area contributed by atoms with Gasteiger partial charge >= 0.3 is 11.9 Å². The quantitative estimate of drug-likeness (QED) is 0.724. The van der Waals surface area contributed by atoms with Gasteiger partial charge < -0.3 is 20.5 Å². The molecule has 7 nitrogen and oxygen atoms in total. The second-order valence-electron chi connectivity index (χ2n) is 4.81. The number of carbonyl (C=O) groups excluding carboxylic acids is 2. The molecule has 0 saturated carbocycles. The van der Waals surface area contributed by atoms with Crippen molar-refractivity contribution in [3.05, 3.63) is 35.9 Å². The van der Waals surface area contributed by atoms with Gasteiger partial charge in [-0.25, -0.2) is 4.79 Å². The molecule has 2 atom stereocenters. The first-order valence-electron chi connectivity index (χ1n) is 6.47. The van der Waals surface area contributed by atoms with Gasteiger partial charge in [0.25, 0.3) is 0 Å². The number of esters is 1. The Balaban J connectivity index is 2.00. The molecule has 1 amide bonds. The second-order valence-corrected chi connectivity index (χ2v) is 4.81. The van der Waals surface area contributed by atoms with E-state index in [-0.39, 0.29) is 13.0 Å². The fraction of sp³-hybridized carbons (Fsp3) is 0.357. The topological polar surface area (TPSA) is 110 Å². The van der Waals surface area contributed by atoms with Gasteiger partial charge in [-0.3, -0.25) is 9.59 Å². The summed E-state index contributed by atoms with van der Waals surface area (Å²) in [6.45, 7) is -0.488. The molecule has 1 aliphatic rings. The first-order chi connectivity index (χ1) is 9.99. The van der Waals surface area contributed by atoms with Crippen LogP contribution in [-0.4, -0.2) is 46.5 Å². The fourth-order valence-corrected chi connectivity index (χ4v) is 2.22. The largest absolute Gasteiger partial charge is 0.480 e. The minimum atomic E-state index is -1.20. The first kappa shape index (κ1) is 15.0. The highest BCUT2D eigenvalue weighted by Crippen LogP contribution is 2.19. The van der Waals surface area contributed by atoms with Gasteiger partial charge in [-0.1, -0.05) is 30.3 Å². The molecule has 1 heterocycles. The molecule has 2 rings (SSSR count). The van der Waals surface area contributed by atoms with Crippen LogP contribution in [0.3, 0.4) is 0 Å². The first-order valence-corrected chi connectivity index (χ1v) is 6.47. The molecule has 0 aliphatic carbocycles. The van der Waals surface area contributed by atoms with E-state index in [0.29, 0.717) is 0 Å². The Morgan fingerprint density at radius 3 is 2.62 bits per heavy atom. The summed E-state index contributed by atoms with van der Waals surface area (Å²) in [6.07, 6.45) is 0.0692. The summed E-state index contributed by atoms with van der Waals surface area (Å²) in [4.78, 5) is 35.5. The van der Waals surface area contributed by atoms with E-state index in [0.717, 1.165) is 10.5 Å². The van der Waals surface area contributed by atoms with Crippen LogP contribution in [-0.2, 0) is 25.7 Å². The maximum Gasteiger partial charge on any atom is 0.329 e. The van der Waals surface area contributed by atoms with E-state index in [1.807, 2.05) is 18.2 Å². The van der Waals surface area contributed by atoms with Gasteiger partial charge in [-0.05, 0) is 5.56 Å². The number of rotatable bonds is 5. The number of carboxylic acid groups (broad SMARTS) is 1. The number of nitrogens with two attached hydrogens (primary N) is 1. The summed E-state index contributed by atoms with van der Waals surface area (Å²) in [5.41, 5.74) is 6.40. The van der Waals surface area contributed by atoms with E-state index in [4.69, 9.17) is 15.6 Å². The van der Waals surface area contributed by atoms with Crippen molar-refractivity contribution >= 4 is 17.8 Å². The Morgan fingerprint density at radius 2 is 2.00 bits per heavy atom. The van der Waals surface area contributed by atoms with Crippen LogP contribution in [0.4, 0.5) is 0 Å². The maximum atomic E-state index is 12.0. The predicted molar refractivity (Wildman–Crippen MR) is 72.0 cm³/mol. The molecule has 0 unspecified atom stereocenters. The van der Waals surface area contributed by atoms with Gasteiger partial charge in [0.15, 0.2) is 0 Å². The van der Waals surface area contributed by atoms with Crippen LogP contribution in [0.15, 0.2) is 30.3 Å². The maximum absolute atomic E-state index is 12.0. The molecule has 0 spiro atoms. The van der Waals surface area contributed by atoms with Crippen molar-refractivity contribution < 1.29 is 24.2 Å². The van der Waals surface area contributed by atoms with Crippen LogP contribution in [0.1, 0.15) is 12.0 Å². The molecule has 112 valence electrons. The third-order valence-corrected chi connectivity index (χ3v) is 3.26. The number of hydrogen-bond acceptors (Lipinski definition) is 5. The lowest BCUT2D eigenvalue weighted by atomic mass is 10.2. The van der Waals surface area contributed by atoms with Gasteiger partial charge in [0.1, 0.15) is 19.2 Å². The lowest BCUT2D eigenvalue weighted by Gasteiger charge is -2.21. The van der Waals surface area contributed by atoms with E-state index in [2.05, 4.69) is 0 Å². The number of carboxylic acids is 1. The number of nitrogens with zero attached hydrogens (tertiary/aromatic N) is 1. The van der Waals surface area contributed by atoms with Gasteiger partial charge in [-0.15, -0.1) is 0 Å². The van der Waals surface area contributed by atoms with E-state index in [1.165, 1.54) is 0 Å². The van der Waals surface area contributed by atoms with E-state index in [1.54, 1.807) is 12.1 Å². The number of ether oxygens (including phenoxy) is 1. The number of carbonyl (C=O) groups is 3. The average Bonchev–Trinajstić information content (AvgIpc) is 2.74. The molecule has 21 heavy (non-hydrogen) atoms. The zero-order valence-corrected chi connectivity index (χ0v) is 11.3. The van der Waals surface area contributed by atoms with Crippen molar-refractivity contribution in [2.24, 2.45) is 5.73 Å². The minimum absolute atomic E-state index is 0.0692. The van der Waals surface area contributed by atoms with Crippen molar-refractivity contribution in [3.63, 3.8) is 0 Å². The van der Waals surface area contributed by atoms with Crippen LogP contribution in [0.25, 0.3) is 0 Å². The number of likely N-dealkylation sites (tertiary alicyclic amines) is 1. The summed E-state index contributed by atoms with van der Waals surface area (Å²) < 4.78 is 5.14. The number of aliphatic carboxylic acids is 1. The molecule has 7 heteroatoms. The third kappa shape index (κ3) is 3.57. The second kappa shape index (κ2) is 6.36. The Kier molecular flexibility index (Phi) is 4.54. The monoisotopic (exact) mass is 292 g/mol. The van der Waals surface area contributed by atoms with Crippen molar-refractivity contribution in [1.29, 1.82) is 0 Å².